The fourth-order valence-corrected chi connectivity index (χ4v) is 3.27. The summed E-state index contributed by atoms with van der Waals surface area (Å²) < 4.78 is 27.4. The Morgan fingerprint density at radius 3 is 2.67 bits per heavy atom. The van der Waals surface area contributed by atoms with E-state index >= 15 is 0 Å². The smallest absolute Gasteiger partial charge is 0.235 e. The minimum Gasteiger partial charge on any atom is -0.235 e. The zero-order chi connectivity index (χ0) is 11.6. The van der Waals surface area contributed by atoms with Crippen molar-refractivity contribution in [3.63, 3.8) is 0 Å². The van der Waals surface area contributed by atoms with Crippen LogP contribution in [0, 0.1) is 0 Å². The second-order valence-electron chi connectivity index (χ2n) is 2.95. The lowest BCUT2D eigenvalue weighted by atomic mass is 10.4. The Morgan fingerprint density at radius 1 is 1.67 bits per heavy atom. The highest BCUT2D eigenvalue weighted by Gasteiger charge is 2.24. The molecule has 15 heavy (non-hydrogen) atoms. The Hall–Kier alpha value is -0.730. The predicted octanol–water partition coefficient (Wildman–Crippen LogP) is 0.430. The van der Waals surface area contributed by atoms with Crippen LogP contribution in [0.1, 0.15) is 6.92 Å². The van der Waals surface area contributed by atoms with E-state index in [4.69, 9.17) is 0 Å². The summed E-state index contributed by atoms with van der Waals surface area (Å²) in [4.78, 5) is 0. The van der Waals surface area contributed by atoms with Crippen LogP contribution in [0.25, 0.3) is 0 Å². The summed E-state index contributed by atoms with van der Waals surface area (Å²) in [5.74, 6) is 0. The molecule has 1 rings (SSSR count). The summed E-state index contributed by atoms with van der Waals surface area (Å²) in [5, 5.41) is 7.19. The van der Waals surface area contributed by atoms with Crippen LogP contribution in [0.2, 0.25) is 0 Å². The second kappa shape index (κ2) is 4.42. The Balaban J connectivity index is 3.12. The summed E-state index contributed by atoms with van der Waals surface area (Å²) in [7, 11) is -2.11. The largest absolute Gasteiger partial charge is 0.261 e. The molecule has 0 aliphatic rings. The van der Waals surface area contributed by atoms with Gasteiger partial charge in [-0.05, 0) is 22.9 Å². The number of nitrogens with zero attached hydrogens (tertiary/aromatic N) is 3. The molecule has 1 N–H and O–H groups in total. The number of aromatic nitrogens is 3. The molecule has 1 aromatic heterocycles. The van der Waals surface area contributed by atoms with Gasteiger partial charge in [-0.1, -0.05) is 11.3 Å². The number of hydrogen-bond acceptors (Lipinski definition) is 4. The maximum Gasteiger partial charge on any atom is 0.261 e. The van der Waals surface area contributed by atoms with Crippen LogP contribution < -0.4 is 4.72 Å². The number of aryl methyl sites for hydroxylation is 1. The van der Waals surface area contributed by atoms with Crippen LogP contribution in [0.3, 0.4) is 0 Å². The Morgan fingerprint density at radius 2 is 2.27 bits per heavy atom. The fourth-order valence-electron chi connectivity index (χ4n) is 0.957. The maximum absolute atomic E-state index is 11.8. The van der Waals surface area contributed by atoms with Crippen molar-refractivity contribution in [2.24, 2.45) is 7.05 Å². The molecule has 6 nitrogen and oxygen atoms in total. The van der Waals surface area contributed by atoms with Crippen molar-refractivity contribution in [1.29, 1.82) is 0 Å². The van der Waals surface area contributed by atoms with Gasteiger partial charge in [0.05, 0.1) is 0 Å². The number of rotatable bonds is 4. The van der Waals surface area contributed by atoms with Gasteiger partial charge in [0, 0.05) is 13.1 Å². The molecule has 0 aliphatic heterocycles. The molecule has 0 aromatic carbocycles. The summed E-state index contributed by atoms with van der Waals surface area (Å²) >= 11 is 3.03. The minimum absolute atomic E-state index is 0.00352. The van der Waals surface area contributed by atoms with E-state index < -0.39 is 10.0 Å². The molecule has 0 fully saturated rings. The molecule has 84 valence electrons. The quantitative estimate of drug-likeness (QED) is 0.817. The molecule has 1 atom stereocenters. The van der Waals surface area contributed by atoms with Crippen LogP contribution in [-0.4, -0.2) is 29.5 Å². The van der Waals surface area contributed by atoms with Crippen molar-refractivity contribution >= 4 is 26.0 Å². The molecule has 1 unspecified atom stereocenters. The number of halogens is 1. The lowest BCUT2D eigenvalue weighted by Gasteiger charge is -2.09. The van der Waals surface area contributed by atoms with Crippen molar-refractivity contribution in [1.82, 2.24) is 19.7 Å². The second-order valence-corrected chi connectivity index (χ2v) is 5.34. The van der Waals surface area contributed by atoms with Gasteiger partial charge in [-0.2, -0.15) is 0 Å². The van der Waals surface area contributed by atoms with Crippen LogP contribution in [0.4, 0.5) is 0 Å². The molecule has 0 amide bonds. The van der Waals surface area contributed by atoms with E-state index in [9.17, 15) is 8.42 Å². The topological polar surface area (TPSA) is 76.9 Å². The first kappa shape index (κ1) is 12.3. The first-order valence-electron chi connectivity index (χ1n) is 4.08. The standard InChI is InChI=1S/C7H11BrN4O2S/c1-4-5(2)10-15(13,14)7-6(8)9-11-12(7)3/h4-5,10H,1H2,2-3H3. The van der Waals surface area contributed by atoms with Crippen LogP contribution in [0.15, 0.2) is 22.3 Å². The highest BCUT2D eigenvalue weighted by Crippen LogP contribution is 2.17. The third-order valence-electron chi connectivity index (χ3n) is 1.69. The predicted molar refractivity (Wildman–Crippen MR) is 58.7 cm³/mol. The Kier molecular flexibility index (Phi) is 3.63. The van der Waals surface area contributed by atoms with E-state index in [1.54, 1.807) is 6.92 Å². The molecule has 0 aliphatic carbocycles. The number of nitrogens with one attached hydrogen (secondary N) is 1. The van der Waals surface area contributed by atoms with Crippen molar-refractivity contribution in [2.75, 3.05) is 0 Å². The van der Waals surface area contributed by atoms with Crippen molar-refractivity contribution in [2.45, 2.75) is 18.0 Å². The molecular weight excluding hydrogens is 284 g/mol. The molecule has 0 bridgehead atoms. The highest BCUT2D eigenvalue weighted by molar-refractivity contribution is 9.10. The lowest BCUT2D eigenvalue weighted by molar-refractivity contribution is 0.555. The molecule has 8 heteroatoms. The normalized spacial score (nSPS) is 13.8. The molecular formula is C7H11BrN4O2S. The van der Waals surface area contributed by atoms with Crippen molar-refractivity contribution in [3.05, 3.63) is 17.3 Å². The van der Waals surface area contributed by atoms with Crippen molar-refractivity contribution < 1.29 is 8.42 Å². The van der Waals surface area contributed by atoms with Gasteiger partial charge in [-0.25, -0.2) is 17.8 Å². The first-order chi connectivity index (χ1) is 6.88. The van der Waals surface area contributed by atoms with Crippen molar-refractivity contribution in [3.8, 4) is 0 Å². The fraction of sp³-hybridized carbons (Fsp3) is 0.429. The first-order valence-corrected chi connectivity index (χ1v) is 6.36. The average molecular weight is 295 g/mol. The number of sulfonamides is 1. The third kappa shape index (κ3) is 2.64. The summed E-state index contributed by atoms with van der Waals surface area (Å²) in [6.07, 6.45) is 1.50. The summed E-state index contributed by atoms with van der Waals surface area (Å²) in [6, 6.07) is -0.350. The van der Waals surface area contributed by atoms with E-state index in [1.165, 1.54) is 17.8 Å². The lowest BCUT2D eigenvalue weighted by Crippen LogP contribution is -2.32. The molecule has 0 radical (unpaired) electrons. The number of hydrogen-bond donors (Lipinski definition) is 1. The minimum atomic E-state index is -3.62. The Labute approximate surface area is 96.5 Å². The van der Waals surface area contributed by atoms with Gasteiger partial charge < -0.3 is 0 Å². The zero-order valence-electron chi connectivity index (χ0n) is 8.31. The van der Waals surface area contributed by atoms with Gasteiger partial charge in [0.15, 0.2) is 4.60 Å². The SMILES string of the molecule is C=CC(C)NS(=O)(=O)c1c(Br)nnn1C. The molecule has 0 saturated heterocycles. The van der Waals surface area contributed by atoms with E-state index in [1.807, 2.05) is 0 Å². The van der Waals surface area contributed by atoms with E-state index in [2.05, 4.69) is 37.5 Å². The third-order valence-corrected chi connectivity index (χ3v) is 4.13. The van der Waals surface area contributed by atoms with Gasteiger partial charge >= 0.3 is 0 Å². The van der Waals surface area contributed by atoms with Gasteiger partial charge in [0.2, 0.25) is 5.03 Å². The average Bonchev–Trinajstić information content (AvgIpc) is 2.45. The molecule has 1 heterocycles. The van der Waals surface area contributed by atoms with E-state index in [0.29, 0.717) is 0 Å². The van der Waals surface area contributed by atoms with E-state index in [0.717, 1.165) is 0 Å². The molecule has 0 spiro atoms. The molecule has 1 aromatic rings. The highest BCUT2D eigenvalue weighted by atomic mass is 79.9. The van der Waals surface area contributed by atoms with Crippen LogP contribution in [0.5, 0.6) is 0 Å². The van der Waals surface area contributed by atoms with Gasteiger partial charge in [0.1, 0.15) is 0 Å². The monoisotopic (exact) mass is 294 g/mol. The van der Waals surface area contributed by atoms with Crippen LogP contribution >= 0.6 is 15.9 Å². The summed E-state index contributed by atoms with van der Waals surface area (Å²) in [5.41, 5.74) is 0. The maximum atomic E-state index is 11.8. The van der Waals surface area contributed by atoms with Gasteiger partial charge in [-0.15, -0.1) is 11.7 Å². The Bertz CT molecular complexity index is 448. The van der Waals surface area contributed by atoms with Gasteiger partial charge in [0.25, 0.3) is 10.0 Å². The van der Waals surface area contributed by atoms with E-state index in [-0.39, 0.29) is 15.7 Å². The summed E-state index contributed by atoms with van der Waals surface area (Å²) in [6.45, 7) is 5.18. The molecule has 0 saturated carbocycles. The van der Waals surface area contributed by atoms with Crippen LogP contribution in [-0.2, 0) is 17.1 Å². The van der Waals surface area contributed by atoms with Gasteiger partial charge in [-0.3, -0.25) is 0 Å². The zero-order valence-corrected chi connectivity index (χ0v) is 10.7.